The van der Waals surface area contributed by atoms with Gasteiger partial charge in [0.15, 0.2) is 0 Å². The molecule has 102 valence electrons. The predicted octanol–water partition coefficient (Wildman–Crippen LogP) is 3.12. The van der Waals surface area contributed by atoms with E-state index in [1.165, 1.54) is 17.6 Å². The molecule has 0 amide bonds. The van der Waals surface area contributed by atoms with Gasteiger partial charge in [0.2, 0.25) is 0 Å². The molecule has 0 aliphatic rings. The highest BCUT2D eigenvalue weighted by Crippen LogP contribution is 2.32. The molecule has 0 saturated carbocycles. The maximum Gasteiger partial charge on any atom is 0.128 e. The van der Waals surface area contributed by atoms with Gasteiger partial charge in [-0.15, -0.1) is 5.10 Å². The van der Waals surface area contributed by atoms with Gasteiger partial charge in [0.25, 0.3) is 0 Å². The highest BCUT2D eigenvalue weighted by molar-refractivity contribution is 9.10. The third-order valence-electron chi connectivity index (χ3n) is 2.78. The fraction of sp³-hybridized carbons (Fsp3) is 0.333. The summed E-state index contributed by atoms with van der Waals surface area (Å²) in [7, 11) is 0. The molecule has 2 rings (SSSR count). The predicted molar refractivity (Wildman–Crippen MR) is 77.3 cm³/mol. The molecule has 7 heteroatoms. The van der Waals surface area contributed by atoms with Crippen molar-refractivity contribution in [3.05, 3.63) is 44.6 Å². The van der Waals surface area contributed by atoms with Crippen LogP contribution in [0.3, 0.4) is 0 Å². The average molecular weight is 345 g/mol. The second kappa shape index (κ2) is 6.04. The summed E-state index contributed by atoms with van der Waals surface area (Å²) in [6.45, 7) is 4.04. The quantitative estimate of drug-likeness (QED) is 0.660. The molecule has 1 aromatic heterocycles. The van der Waals surface area contributed by atoms with Crippen LogP contribution < -0.4 is 11.3 Å². The molecule has 1 unspecified atom stereocenters. The first-order valence-corrected chi connectivity index (χ1v) is 7.34. The summed E-state index contributed by atoms with van der Waals surface area (Å²) in [5.41, 5.74) is 3.97. The first-order valence-electron chi connectivity index (χ1n) is 5.77. The number of hydrogen-bond acceptors (Lipinski definition) is 5. The van der Waals surface area contributed by atoms with Crippen LogP contribution in [0, 0.1) is 5.82 Å². The molecule has 1 heterocycles. The lowest BCUT2D eigenvalue weighted by Gasteiger charge is -2.17. The van der Waals surface area contributed by atoms with E-state index in [1.54, 1.807) is 12.1 Å². The van der Waals surface area contributed by atoms with Crippen molar-refractivity contribution in [1.29, 1.82) is 0 Å². The van der Waals surface area contributed by atoms with Crippen LogP contribution in [0.15, 0.2) is 22.7 Å². The summed E-state index contributed by atoms with van der Waals surface area (Å²) in [6.07, 6.45) is 0. The van der Waals surface area contributed by atoms with Crippen molar-refractivity contribution in [2.75, 3.05) is 0 Å². The van der Waals surface area contributed by atoms with E-state index in [4.69, 9.17) is 5.84 Å². The van der Waals surface area contributed by atoms with E-state index in [1.807, 2.05) is 13.8 Å². The van der Waals surface area contributed by atoms with Crippen molar-refractivity contribution < 1.29 is 4.39 Å². The summed E-state index contributed by atoms with van der Waals surface area (Å²) in [4.78, 5) is 0.842. The molecule has 0 aliphatic heterocycles. The Kier molecular flexibility index (Phi) is 4.62. The third kappa shape index (κ3) is 3.00. The summed E-state index contributed by atoms with van der Waals surface area (Å²) < 4.78 is 18.7. The van der Waals surface area contributed by atoms with Crippen LogP contribution >= 0.6 is 27.5 Å². The fourth-order valence-corrected chi connectivity index (χ4v) is 3.11. The Bertz CT molecular complexity index is 573. The molecule has 0 bridgehead atoms. The van der Waals surface area contributed by atoms with Gasteiger partial charge in [-0.1, -0.05) is 34.3 Å². The Hall–Kier alpha value is -0.890. The molecular weight excluding hydrogens is 331 g/mol. The van der Waals surface area contributed by atoms with E-state index in [2.05, 4.69) is 30.9 Å². The number of nitrogens with zero attached hydrogens (tertiary/aromatic N) is 2. The standard InChI is InChI=1S/C12H14BrFN4S/c1-6(2)10-12(19-18-17-10)11(16-15)8-5-7(13)3-4-9(8)14/h3-6,11,16H,15H2,1-2H3. The molecule has 0 fully saturated rings. The summed E-state index contributed by atoms with van der Waals surface area (Å²) in [5.74, 6) is 5.50. The van der Waals surface area contributed by atoms with Crippen LogP contribution in [0.2, 0.25) is 0 Å². The Balaban J connectivity index is 2.50. The zero-order valence-electron chi connectivity index (χ0n) is 10.5. The lowest BCUT2D eigenvalue weighted by molar-refractivity contribution is 0.559. The topological polar surface area (TPSA) is 63.8 Å². The number of benzene rings is 1. The summed E-state index contributed by atoms with van der Waals surface area (Å²) in [6, 6.07) is 4.33. The number of aromatic nitrogens is 2. The van der Waals surface area contributed by atoms with Gasteiger partial charge < -0.3 is 0 Å². The van der Waals surface area contributed by atoms with Gasteiger partial charge in [-0.2, -0.15) is 0 Å². The minimum absolute atomic E-state index is 0.208. The molecule has 4 nitrogen and oxygen atoms in total. The molecule has 0 aliphatic carbocycles. The zero-order chi connectivity index (χ0) is 14.0. The van der Waals surface area contributed by atoms with Gasteiger partial charge in [-0.25, -0.2) is 9.82 Å². The molecule has 1 aromatic carbocycles. The summed E-state index contributed by atoms with van der Waals surface area (Å²) in [5, 5.41) is 4.10. The molecule has 2 aromatic rings. The Morgan fingerprint density at radius 1 is 1.42 bits per heavy atom. The van der Waals surface area contributed by atoms with E-state index in [9.17, 15) is 4.39 Å². The largest absolute Gasteiger partial charge is 0.271 e. The molecule has 0 radical (unpaired) electrons. The maximum atomic E-state index is 14.0. The van der Waals surface area contributed by atoms with Crippen LogP contribution in [-0.2, 0) is 0 Å². The van der Waals surface area contributed by atoms with Gasteiger partial charge in [-0.3, -0.25) is 5.84 Å². The molecule has 3 N–H and O–H groups in total. The number of nitrogens with one attached hydrogen (secondary N) is 1. The number of hydrazine groups is 1. The smallest absolute Gasteiger partial charge is 0.128 e. The van der Waals surface area contributed by atoms with Crippen molar-refractivity contribution in [2.45, 2.75) is 25.8 Å². The fourth-order valence-electron chi connectivity index (χ4n) is 1.85. The van der Waals surface area contributed by atoms with Crippen LogP contribution in [-0.4, -0.2) is 9.59 Å². The minimum atomic E-state index is -0.449. The van der Waals surface area contributed by atoms with Crippen molar-refractivity contribution in [1.82, 2.24) is 15.0 Å². The first-order chi connectivity index (χ1) is 9.04. The van der Waals surface area contributed by atoms with Crippen LogP contribution in [0.4, 0.5) is 4.39 Å². The molecular formula is C12H14BrFN4S. The SMILES string of the molecule is CC(C)c1nnsc1C(NN)c1cc(Br)ccc1F. The van der Waals surface area contributed by atoms with E-state index >= 15 is 0 Å². The van der Waals surface area contributed by atoms with Crippen LogP contribution in [0.25, 0.3) is 0 Å². The number of halogens is 2. The number of hydrogen-bond donors (Lipinski definition) is 2. The molecule has 0 saturated heterocycles. The van der Waals surface area contributed by atoms with Gasteiger partial charge in [0.1, 0.15) is 5.82 Å². The Labute approximate surface area is 123 Å². The molecule has 19 heavy (non-hydrogen) atoms. The zero-order valence-corrected chi connectivity index (χ0v) is 12.9. The Morgan fingerprint density at radius 2 is 2.16 bits per heavy atom. The van der Waals surface area contributed by atoms with Gasteiger partial charge >= 0.3 is 0 Å². The normalized spacial score (nSPS) is 12.9. The van der Waals surface area contributed by atoms with Crippen molar-refractivity contribution in [3.63, 3.8) is 0 Å². The average Bonchev–Trinajstić information content (AvgIpc) is 2.84. The monoisotopic (exact) mass is 344 g/mol. The lowest BCUT2D eigenvalue weighted by atomic mass is 10.0. The second-order valence-corrected chi connectivity index (χ2v) is 6.14. The minimum Gasteiger partial charge on any atom is -0.271 e. The van der Waals surface area contributed by atoms with Gasteiger partial charge in [0, 0.05) is 10.0 Å². The van der Waals surface area contributed by atoms with Crippen molar-refractivity contribution in [2.24, 2.45) is 5.84 Å². The third-order valence-corrected chi connectivity index (χ3v) is 4.08. The van der Waals surface area contributed by atoms with Crippen LogP contribution in [0.5, 0.6) is 0 Å². The van der Waals surface area contributed by atoms with Gasteiger partial charge in [0.05, 0.1) is 16.6 Å². The maximum absolute atomic E-state index is 14.0. The highest BCUT2D eigenvalue weighted by Gasteiger charge is 2.24. The molecule has 1 atom stereocenters. The Morgan fingerprint density at radius 3 is 2.79 bits per heavy atom. The van der Waals surface area contributed by atoms with E-state index < -0.39 is 6.04 Å². The van der Waals surface area contributed by atoms with E-state index in [0.29, 0.717) is 5.56 Å². The number of nitrogens with two attached hydrogens (primary N) is 1. The molecule has 0 spiro atoms. The van der Waals surface area contributed by atoms with E-state index in [-0.39, 0.29) is 11.7 Å². The van der Waals surface area contributed by atoms with Gasteiger partial charge in [-0.05, 0) is 35.6 Å². The van der Waals surface area contributed by atoms with E-state index in [0.717, 1.165) is 15.0 Å². The second-order valence-electron chi connectivity index (χ2n) is 4.44. The lowest BCUT2D eigenvalue weighted by Crippen LogP contribution is -2.29. The van der Waals surface area contributed by atoms with Crippen molar-refractivity contribution >= 4 is 27.5 Å². The summed E-state index contributed by atoms with van der Waals surface area (Å²) >= 11 is 4.58. The van der Waals surface area contributed by atoms with Crippen LogP contribution in [0.1, 0.15) is 41.9 Å². The van der Waals surface area contributed by atoms with Crippen molar-refractivity contribution in [3.8, 4) is 0 Å². The first kappa shape index (κ1) is 14.5. The number of rotatable bonds is 4. The highest BCUT2D eigenvalue weighted by atomic mass is 79.9.